The van der Waals surface area contributed by atoms with E-state index in [0.717, 1.165) is 26.1 Å². The molecular formula is C17H26N2O4S. The molecule has 0 bridgehead atoms. The van der Waals surface area contributed by atoms with Crippen molar-refractivity contribution in [1.29, 1.82) is 0 Å². The molecule has 0 aromatic heterocycles. The number of hydrogen-bond acceptors (Lipinski definition) is 5. The van der Waals surface area contributed by atoms with Crippen LogP contribution in [0.25, 0.3) is 0 Å². The van der Waals surface area contributed by atoms with E-state index in [1.165, 1.54) is 31.4 Å². The van der Waals surface area contributed by atoms with Crippen LogP contribution in [0.5, 0.6) is 0 Å². The molecule has 0 spiro atoms. The Morgan fingerprint density at radius 2 is 2.00 bits per heavy atom. The van der Waals surface area contributed by atoms with Gasteiger partial charge < -0.3 is 9.64 Å². The number of benzene rings is 1. The molecule has 1 fully saturated rings. The molecule has 6 nitrogen and oxygen atoms in total. The lowest BCUT2D eigenvalue weighted by molar-refractivity contribution is 0.0526. The Morgan fingerprint density at radius 1 is 1.25 bits per heavy atom. The topological polar surface area (TPSA) is 75.7 Å². The zero-order chi connectivity index (χ0) is 17.4. The minimum atomic E-state index is -3.61. The van der Waals surface area contributed by atoms with E-state index in [-0.39, 0.29) is 17.1 Å². The number of esters is 1. The fraction of sp³-hybridized carbons (Fsp3) is 0.588. The number of hydrogen-bond donors (Lipinski definition) is 1. The molecule has 0 aliphatic carbocycles. The first-order chi connectivity index (χ1) is 11.5. The van der Waals surface area contributed by atoms with Crippen LogP contribution in [0.2, 0.25) is 0 Å². The Kier molecular flexibility index (Phi) is 7.20. The molecule has 0 saturated carbocycles. The predicted octanol–water partition coefficient (Wildman–Crippen LogP) is 2.02. The zero-order valence-electron chi connectivity index (χ0n) is 14.2. The average molecular weight is 354 g/mol. The molecule has 0 radical (unpaired) electrons. The first kappa shape index (κ1) is 18.9. The van der Waals surface area contributed by atoms with E-state index in [4.69, 9.17) is 4.74 Å². The Bertz CT molecular complexity index is 640. The van der Waals surface area contributed by atoms with Gasteiger partial charge in [-0.2, -0.15) is 0 Å². The largest absolute Gasteiger partial charge is 0.462 e. The van der Waals surface area contributed by atoms with E-state index in [2.05, 4.69) is 9.62 Å². The first-order valence-corrected chi connectivity index (χ1v) is 10.0. The van der Waals surface area contributed by atoms with Gasteiger partial charge in [0.1, 0.15) is 0 Å². The van der Waals surface area contributed by atoms with Gasteiger partial charge in [0.15, 0.2) is 0 Å². The average Bonchev–Trinajstić information content (AvgIpc) is 2.60. The molecule has 7 heteroatoms. The molecule has 1 heterocycles. The summed E-state index contributed by atoms with van der Waals surface area (Å²) in [4.78, 5) is 14.2. The van der Waals surface area contributed by atoms with Crippen LogP contribution in [0, 0.1) is 0 Å². The number of piperidine rings is 1. The number of nitrogens with zero attached hydrogens (tertiary/aromatic N) is 1. The maximum atomic E-state index is 12.3. The van der Waals surface area contributed by atoms with Crippen LogP contribution in [-0.4, -0.2) is 52.1 Å². The van der Waals surface area contributed by atoms with E-state index < -0.39 is 16.0 Å². The van der Waals surface area contributed by atoms with Gasteiger partial charge in [0, 0.05) is 6.54 Å². The van der Waals surface area contributed by atoms with Crippen molar-refractivity contribution in [3.05, 3.63) is 29.8 Å². The second-order valence-electron chi connectivity index (χ2n) is 5.90. The summed E-state index contributed by atoms with van der Waals surface area (Å²) in [7, 11) is -3.61. The van der Waals surface area contributed by atoms with E-state index in [1.807, 2.05) is 0 Å². The lowest BCUT2D eigenvalue weighted by Gasteiger charge is -2.26. The van der Waals surface area contributed by atoms with Gasteiger partial charge >= 0.3 is 5.97 Å². The van der Waals surface area contributed by atoms with Crippen molar-refractivity contribution in [1.82, 2.24) is 9.62 Å². The fourth-order valence-electron chi connectivity index (χ4n) is 2.78. The molecule has 2 rings (SSSR count). The van der Waals surface area contributed by atoms with Crippen LogP contribution in [0.1, 0.15) is 43.0 Å². The monoisotopic (exact) mass is 354 g/mol. The molecule has 1 aliphatic heterocycles. The van der Waals surface area contributed by atoms with Crippen LogP contribution in [0.4, 0.5) is 0 Å². The maximum Gasteiger partial charge on any atom is 0.338 e. The zero-order valence-corrected chi connectivity index (χ0v) is 15.0. The third-order valence-corrected chi connectivity index (χ3v) is 5.51. The van der Waals surface area contributed by atoms with Crippen molar-refractivity contribution in [3.8, 4) is 0 Å². The van der Waals surface area contributed by atoms with Crippen LogP contribution in [0.3, 0.4) is 0 Å². The summed E-state index contributed by atoms with van der Waals surface area (Å²) in [6.45, 7) is 5.48. The highest BCUT2D eigenvalue weighted by Crippen LogP contribution is 2.13. The third kappa shape index (κ3) is 5.58. The van der Waals surface area contributed by atoms with Crippen LogP contribution in [0.15, 0.2) is 29.2 Å². The molecule has 1 N–H and O–H groups in total. The number of rotatable bonds is 8. The van der Waals surface area contributed by atoms with Crippen molar-refractivity contribution in [2.45, 2.75) is 37.5 Å². The number of nitrogens with one attached hydrogen (secondary N) is 1. The number of carbonyl (C=O) groups excluding carboxylic acids is 1. The molecule has 0 atom stereocenters. The quantitative estimate of drug-likeness (QED) is 0.571. The molecule has 1 aliphatic rings. The summed E-state index contributed by atoms with van der Waals surface area (Å²) < 4.78 is 32.2. The Labute approximate surface area is 144 Å². The van der Waals surface area contributed by atoms with Crippen molar-refractivity contribution >= 4 is 16.0 Å². The first-order valence-electron chi connectivity index (χ1n) is 8.52. The molecular weight excluding hydrogens is 328 g/mol. The Balaban J connectivity index is 1.87. The van der Waals surface area contributed by atoms with Crippen molar-refractivity contribution < 1.29 is 17.9 Å². The van der Waals surface area contributed by atoms with Gasteiger partial charge in [-0.1, -0.05) is 12.5 Å². The van der Waals surface area contributed by atoms with Crippen molar-refractivity contribution in [2.24, 2.45) is 0 Å². The lowest BCUT2D eigenvalue weighted by Crippen LogP contribution is -2.33. The summed E-state index contributed by atoms with van der Waals surface area (Å²) in [5, 5.41) is 0. The van der Waals surface area contributed by atoms with Crippen LogP contribution < -0.4 is 4.72 Å². The Morgan fingerprint density at radius 3 is 2.71 bits per heavy atom. The standard InChI is InChI=1S/C17H26N2O4S/c1-2-23-17(20)15-8-6-9-16(14-15)24(21,22)18-10-7-13-19-11-4-3-5-12-19/h6,8-9,14,18H,2-5,7,10-13H2,1H3. The molecule has 1 aromatic rings. The molecule has 24 heavy (non-hydrogen) atoms. The number of ether oxygens (including phenoxy) is 1. The summed E-state index contributed by atoms with van der Waals surface area (Å²) in [6, 6.07) is 5.93. The summed E-state index contributed by atoms with van der Waals surface area (Å²) in [5.41, 5.74) is 0.244. The lowest BCUT2D eigenvalue weighted by atomic mass is 10.1. The van der Waals surface area contributed by atoms with Crippen LogP contribution in [-0.2, 0) is 14.8 Å². The maximum absolute atomic E-state index is 12.3. The second-order valence-corrected chi connectivity index (χ2v) is 7.67. The number of carbonyl (C=O) groups is 1. The van der Waals surface area contributed by atoms with E-state index in [9.17, 15) is 13.2 Å². The third-order valence-electron chi connectivity index (χ3n) is 4.05. The molecule has 1 aromatic carbocycles. The normalized spacial score (nSPS) is 16.0. The fourth-order valence-corrected chi connectivity index (χ4v) is 3.90. The second kappa shape index (κ2) is 9.15. The van der Waals surface area contributed by atoms with E-state index >= 15 is 0 Å². The number of sulfonamides is 1. The molecule has 134 valence electrons. The van der Waals surface area contributed by atoms with Gasteiger partial charge in [0.05, 0.1) is 17.1 Å². The minimum absolute atomic E-state index is 0.0889. The molecule has 0 unspecified atom stereocenters. The minimum Gasteiger partial charge on any atom is -0.462 e. The van der Waals surface area contributed by atoms with E-state index in [1.54, 1.807) is 19.1 Å². The predicted molar refractivity (Wildman–Crippen MR) is 92.5 cm³/mol. The van der Waals surface area contributed by atoms with Gasteiger partial charge in [-0.05, 0) is 64.0 Å². The van der Waals surface area contributed by atoms with Gasteiger partial charge in [-0.15, -0.1) is 0 Å². The van der Waals surface area contributed by atoms with Gasteiger partial charge in [-0.3, -0.25) is 0 Å². The highest BCUT2D eigenvalue weighted by atomic mass is 32.2. The van der Waals surface area contributed by atoms with Gasteiger partial charge in [-0.25, -0.2) is 17.9 Å². The summed E-state index contributed by atoms with van der Waals surface area (Å²) >= 11 is 0. The van der Waals surface area contributed by atoms with Gasteiger partial charge in [0.25, 0.3) is 0 Å². The van der Waals surface area contributed by atoms with Crippen molar-refractivity contribution in [3.63, 3.8) is 0 Å². The van der Waals surface area contributed by atoms with Crippen molar-refractivity contribution in [2.75, 3.05) is 32.8 Å². The summed E-state index contributed by atoms with van der Waals surface area (Å²) in [6.07, 6.45) is 4.52. The molecule has 1 saturated heterocycles. The smallest absolute Gasteiger partial charge is 0.338 e. The highest BCUT2D eigenvalue weighted by Gasteiger charge is 2.17. The SMILES string of the molecule is CCOC(=O)c1cccc(S(=O)(=O)NCCCN2CCCCC2)c1. The van der Waals surface area contributed by atoms with Crippen LogP contribution >= 0.6 is 0 Å². The Hall–Kier alpha value is -1.44. The number of likely N-dealkylation sites (tertiary alicyclic amines) is 1. The summed E-state index contributed by atoms with van der Waals surface area (Å²) in [5.74, 6) is -0.514. The molecule has 0 amide bonds. The van der Waals surface area contributed by atoms with E-state index in [0.29, 0.717) is 6.54 Å². The van der Waals surface area contributed by atoms with Gasteiger partial charge in [0.2, 0.25) is 10.0 Å². The highest BCUT2D eigenvalue weighted by molar-refractivity contribution is 7.89.